The number of aliphatic hydroxyl groups excluding tert-OH is 2. The molecule has 24 heavy (non-hydrogen) atoms. The van der Waals surface area contributed by atoms with Crippen molar-refractivity contribution >= 4 is 5.91 Å². The van der Waals surface area contributed by atoms with Crippen LogP contribution in [0.1, 0.15) is 17.4 Å². The lowest BCUT2D eigenvalue weighted by Gasteiger charge is -2.11. The predicted molar refractivity (Wildman–Crippen MR) is 75.1 cm³/mol. The Hall–Kier alpha value is -2.40. The lowest BCUT2D eigenvalue weighted by Crippen LogP contribution is -2.41. The number of hydrogen-bond acceptors (Lipinski definition) is 7. The Morgan fingerprint density at radius 2 is 2.00 bits per heavy atom. The first-order chi connectivity index (χ1) is 11.5. The SMILES string of the molecule is O=C(NO)[C@H]1O[C@H](c2cn(Cc3ccc(F)cc3)nn2)[C@@H](O)[C@H]1O. The quantitative estimate of drug-likeness (QED) is 0.421. The minimum absolute atomic E-state index is 0.219. The Bertz CT molecular complexity index is 722. The molecule has 4 N–H and O–H groups in total. The van der Waals surface area contributed by atoms with E-state index < -0.39 is 30.3 Å². The third-order valence-corrected chi connectivity index (χ3v) is 3.74. The summed E-state index contributed by atoms with van der Waals surface area (Å²) in [5, 5.41) is 36.2. The van der Waals surface area contributed by atoms with Crippen molar-refractivity contribution in [3.8, 4) is 0 Å². The van der Waals surface area contributed by atoms with E-state index in [4.69, 9.17) is 9.94 Å². The third kappa shape index (κ3) is 3.12. The van der Waals surface area contributed by atoms with Crippen molar-refractivity contribution in [1.82, 2.24) is 20.5 Å². The number of hydrogen-bond donors (Lipinski definition) is 4. The fraction of sp³-hybridized carbons (Fsp3) is 0.357. The van der Waals surface area contributed by atoms with Crippen LogP contribution in [0.4, 0.5) is 4.39 Å². The molecule has 0 saturated carbocycles. The van der Waals surface area contributed by atoms with Crippen LogP contribution in [0.25, 0.3) is 0 Å². The van der Waals surface area contributed by atoms with E-state index >= 15 is 0 Å². The van der Waals surface area contributed by atoms with Crippen molar-refractivity contribution in [1.29, 1.82) is 0 Å². The van der Waals surface area contributed by atoms with Crippen LogP contribution < -0.4 is 5.48 Å². The van der Waals surface area contributed by atoms with E-state index in [9.17, 15) is 19.4 Å². The molecule has 4 atom stereocenters. The van der Waals surface area contributed by atoms with E-state index in [2.05, 4.69) is 10.3 Å². The van der Waals surface area contributed by atoms with Gasteiger partial charge in [-0.05, 0) is 17.7 Å². The van der Waals surface area contributed by atoms with Gasteiger partial charge in [0.15, 0.2) is 6.10 Å². The molecular weight excluding hydrogens is 323 g/mol. The summed E-state index contributed by atoms with van der Waals surface area (Å²) in [5.41, 5.74) is 2.37. The zero-order chi connectivity index (χ0) is 17.3. The van der Waals surface area contributed by atoms with Crippen LogP contribution in [-0.4, -0.2) is 54.6 Å². The summed E-state index contributed by atoms with van der Waals surface area (Å²) in [6.45, 7) is 0.319. The Labute approximate surface area is 135 Å². The van der Waals surface area contributed by atoms with Gasteiger partial charge in [-0.3, -0.25) is 10.0 Å². The van der Waals surface area contributed by atoms with Gasteiger partial charge >= 0.3 is 0 Å². The van der Waals surface area contributed by atoms with Gasteiger partial charge in [0.05, 0.1) is 12.7 Å². The topological polar surface area (TPSA) is 130 Å². The van der Waals surface area contributed by atoms with Gasteiger partial charge in [0.2, 0.25) is 0 Å². The molecule has 0 unspecified atom stereocenters. The Morgan fingerprint density at radius 3 is 2.67 bits per heavy atom. The number of carbonyl (C=O) groups excluding carboxylic acids is 1. The van der Waals surface area contributed by atoms with Gasteiger partial charge < -0.3 is 14.9 Å². The van der Waals surface area contributed by atoms with Crippen molar-refractivity contribution in [3.05, 3.63) is 47.5 Å². The summed E-state index contributed by atoms with van der Waals surface area (Å²) in [5.74, 6) is -1.31. The molecule has 9 nitrogen and oxygen atoms in total. The maximum absolute atomic E-state index is 12.9. The van der Waals surface area contributed by atoms with E-state index in [0.29, 0.717) is 6.54 Å². The largest absolute Gasteiger partial charge is 0.387 e. The number of aromatic nitrogens is 3. The standard InChI is InChI=1S/C14H15FN4O5/c15-8-3-1-7(2-4-8)5-19-6-9(16-18-19)12-10(20)11(21)13(24-12)14(22)17-23/h1-4,6,10-13,20-21,23H,5H2,(H,17,22)/t10-,11+,12+,13-/m0/s1. The molecule has 0 radical (unpaired) electrons. The van der Waals surface area contributed by atoms with Gasteiger partial charge in [-0.2, -0.15) is 0 Å². The summed E-state index contributed by atoms with van der Waals surface area (Å²) in [6, 6.07) is 5.85. The molecule has 0 bridgehead atoms. The van der Waals surface area contributed by atoms with E-state index in [0.717, 1.165) is 5.56 Å². The molecule has 128 valence electrons. The predicted octanol–water partition coefficient (Wildman–Crippen LogP) is -0.867. The second kappa shape index (κ2) is 6.61. The molecule has 1 aliphatic rings. The molecule has 1 aromatic heterocycles. The first-order valence-electron chi connectivity index (χ1n) is 7.09. The molecule has 2 aromatic rings. The number of nitrogens with zero attached hydrogens (tertiary/aromatic N) is 3. The van der Waals surface area contributed by atoms with Gasteiger partial charge in [-0.1, -0.05) is 17.3 Å². The summed E-state index contributed by atoms with van der Waals surface area (Å²) in [6.07, 6.45) is -3.90. The van der Waals surface area contributed by atoms with Crippen molar-refractivity contribution in [3.63, 3.8) is 0 Å². The van der Waals surface area contributed by atoms with Gasteiger partial charge in [0.25, 0.3) is 5.91 Å². The molecule has 3 rings (SSSR count). The maximum atomic E-state index is 12.9. The van der Waals surface area contributed by atoms with E-state index in [1.807, 2.05) is 0 Å². The monoisotopic (exact) mass is 338 g/mol. The van der Waals surface area contributed by atoms with Gasteiger partial charge in [0.1, 0.15) is 29.8 Å². The zero-order valence-electron chi connectivity index (χ0n) is 12.3. The van der Waals surface area contributed by atoms with Crippen LogP contribution in [0.3, 0.4) is 0 Å². The molecular formula is C14H15FN4O5. The van der Waals surface area contributed by atoms with E-state index in [1.54, 1.807) is 12.1 Å². The summed E-state index contributed by atoms with van der Waals surface area (Å²) in [7, 11) is 0. The van der Waals surface area contributed by atoms with E-state index in [-0.39, 0.29) is 11.5 Å². The molecule has 10 heteroatoms. The minimum Gasteiger partial charge on any atom is -0.387 e. The van der Waals surface area contributed by atoms with Crippen LogP contribution in [0.2, 0.25) is 0 Å². The highest BCUT2D eigenvalue weighted by atomic mass is 19.1. The number of nitrogens with one attached hydrogen (secondary N) is 1. The molecule has 1 amide bonds. The van der Waals surface area contributed by atoms with Crippen LogP contribution in [0.15, 0.2) is 30.5 Å². The Morgan fingerprint density at radius 1 is 1.29 bits per heavy atom. The van der Waals surface area contributed by atoms with Gasteiger partial charge in [-0.15, -0.1) is 5.10 Å². The summed E-state index contributed by atoms with van der Waals surface area (Å²) < 4.78 is 19.6. The minimum atomic E-state index is -1.51. The van der Waals surface area contributed by atoms with Crippen molar-refractivity contribution in [2.24, 2.45) is 0 Å². The number of ether oxygens (including phenoxy) is 1. The van der Waals surface area contributed by atoms with Crippen LogP contribution >= 0.6 is 0 Å². The molecule has 0 spiro atoms. The summed E-state index contributed by atoms with van der Waals surface area (Å²) >= 11 is 0. The number of carbonyl (C=O) groups is 1. The van der Waals surface area contributed by atoms with Gasteiger partial charge in [-0.25, -0.2) is 14.6 Å². The number of amides is 1. The average molecular weight is 338 g/mol. The number of rotatable bonds is 4. The molecule has 0 aliphatic carbocycles. The maximum Gasteiger partial charge on any atom is 0.275 e. The lowest BCUT2D eigenvalue weighted by atomic mass is 10.1. The Kier molecular flexibility index (Phi) is 4.53. The molecule has 1 saturated heterocycles. The van der Waals surface area contributed by atoms with E-state index in [1.165, 1.54) is 28.5 Å². The first kappa shape index (κ1) is 16.5. The fourth-order valence-corrected chi connectivity index (χ4v) is 2.50. The van der Waals surface area contributed by atoms with Crippen molar-refractivity contribution < 1.29 is 29.3 Å². The Balaban J connectivity index is 1.73. The van der Waals surface area contributed by atoms with Crippen molar-refractivity contribution in [2.75, 3.05) is 0 Å². The third-order valence-electron chi connectivity index (χ3n) is 3.74. The molecule has 1 aromatic carbocycles. The number of hydroxylamine groups is 1. The average Bonchev–Trinajstić information content (AvgIpc) is 3.15. The highest BCUT2D eigenvalue weighted by molar-refractivity contribution is 5.80. The second-order valence-electron chi connectivity index (χ2n) is 5.40. The number of aliphatic hydroxyl groups is 2. The van der Waals surface area contributed by atoms with Crippen LogP contribution in [0, 0.1) is 5.82 Å². The van der Waals surface area contributed by atoms with Crippen molar-refractivity contribution in [2.45, 2.75) is 31.0 Å². The molecule has 1 fully saturated rings. The smallest absolute Gasteiger partial charge is 0.275 e. The highest BCUT2D eigenvalue weighted by Crippen LogP contribution is 2.32. The summed E-state index contributed by atoms with van der Waals surface area (Å²) in [4.78, 5) is 11.4. The fourth-order valence-electron chi connectivity index (χ4n) is 2.50. The van der Waals surface area contributed by atoms with Crippen LogP contribution in [0.5, 0.6) is 0 Å². The number of halogens is 1. The van der Waals surface area contributed by atoms with Gasteiger partial charge in [0, 0.05) is 0 Å². The zero-order valence-corrected chi connectivity index (χ0v) is 12.3. The first-order valence-corrected chi connectivity index (χ1v) is 7.09. The molecule has 1 aliphatic heterocycles. The highest BCUT2D eigenvalue weighted by Gasteiger charge is 2.48. The molecule has 2 heterocycles. The number of benzene rings is 1. The lowest BCUT2D eigenvalue weighted by molar-refractivity contribution is -0.144. The normalized spacial score (nSPS) is 26.5. The van der Waals surface area contributed by atoms with Crippen LogP contribution in [-0.2, 0) is 16.1 Å². The second-order valence-corrected chi connectivity index (χ2v) is 5.40.